The van der Waals surface area contributed by atoms with Gasteiger partial charge in [0.15, 0.2) is 5.78 Å². The second-order valence-corrected chi connectivity index (χ2v) is 21.3. The number of carbonyl (C=O) groups excluding carboxylic acids is 6. The second kappa shape index (κ2) is 23.0. The first kappa shape index (κ1) is 54.9. The fourth-order valence-corrected chi connectivity index (χ4v) is 10.1. The highest BCUT2D eigenvalue weighted by atomic mass is 32.1. The average molecular weight is 1020 g/mol. The number of rotatable bonds is 17. The molecule has 0 spiro atoms. The van der Waals surface area contributed by atoms with Crippen LogP contribution in [0, 0.1) is 12.3 Å². The van der Waals surface area contributed by atoms with Gasteiger partial charge < -0.3 is 41.1 Å². The van der Waals surface area contributed by atoms with Gasteiger partial charge in [0.2, 0.25) is 17.7 Å². The van der Waals surface area contributed by atoms with Crippen molar-refractivity contribution in [3.63, 3.8) is 0 Å². The zero-order valence-electron chi connectivity index (χ0n) is 42.5. The second-order valence-electron chi connectivity index (χ2n) is 20.4. The molecule has 5 aromatic rings. The lowest BCUT2D eigenvalue weighted by Crippen LogP contribution is -2.58. The van der Waals surface area contributed by atoms with E-state index in [4.69, 9.17) is 0 Å². The third-order valence-corrected chi connectivity index (χ3v) is 14.3. The quantitative estimate of drug-likeness (QED) is 0.0603. The van der Waals surface area contributed by atoms with Gasteiger partial charge >= 0.3 is 6.03 Å². The molecule has 17 nitrogen and oxygen atoms in total. The lowest BCUT2D eigenvalue weighted by atomic mass is 9.85. The number of likely N-dealkylation sites (tertiary alicyclic amines) is 1. The summed E-state index contributed by atoms with van der Waals surface area (Å²) in [4.78, 5) is 92.3. The van der Waals surface area contributed by atoms with Crippen LogP contribution in [0.4, 0.5) is 4.79 Å². The number of aromatic nitrogens is 3. The Labute approximate surface area is 432 Å². The number of Topliss-reactive ketones (excluding diaryl/α,β-unsaturated/α-hetero) is 1. The van der Waals surface area contributed by atoms with Gasteiger partial charge in [-0.05, 0) is 76.0 Å². The van der Waals surface area contributed by atoms with E-state index in [2.05, 4.69) is 36.4 Å². The number of amides is 6. The lowest BCUT2D eigenvalue weighted by molar-refractivity contribution is -0.144. The normalized spacial score (nSPS) is 17.3. The van der Waals surface area contributed by atoms with Crippen LogP contribution in [-0.4, -0.2) is 122 Å². The summed E-state index contributed by atoms with van der Waals surface area (Å²) in [6, 6.07) is 21.1. The number of H-pyrrole nitrogens is 1. The number of fused-ring (bicyclic) bond motifs is 1. The van der Waals surface area contributed by atoms with Gasteiger partial charge in [-0.15, -0.1) is 11.3 Å². The molecule has 7 rings (SSSR count). The maximum atomic E-state index is 14.2. The van der Waals surface area contributed by atoms with E-state index in [1.807, 2.05) is 101 Å². The molecule has 0 unspecified atom stereocenters. The zero-order valence-corrected chi connectivity index (χ0v) is 44.3. The summed E-state index contributed by atoms with van der Waals surface area (Å²) in [6.07, 6.45) is -0.994. The van der Waals surface area contributed by atoms with Crippen LogP contribution >= 0.6 is 24.8 Å². The first-order valence-electron chi connectivity index (χ1n) is 24.0. The predicted octanol–water partition coefficient (Wildman–Crippen LogP) is 5.93. The summed E-state index contributed by atoms with van der Waals surface area (Å²) in [5, 5.41) is 30.0. The number of aliphatic hydroxyl groups is 1. The van der Waals surface area contributed by atoms with Crippen molar-refractivity contribution in [2.45, 2.75) is 110 Å². The number of hydrogen-bond acceptors (Lipinski definition) is 11. The minimum Gasteiger partial charge on any atom is -0.391 e. The van der Waals surface area contributed by atoms with Gasteiger partial charge in [0.05, 0.1) is 58.5 Å². The maximum Gasteiger partial charge on any atom is 0.319 e. The molecular formula is C53H68N10O7S2. The van der Waals surface area contributed by atoms with Crippen LogP contribution in [0.5, 0.6) is 0 Å². The SMILES string of the molecule is Cc1ncsc1-c1ccc([C@H](C)NC(=O)[C@@H]2C[C@@H](O)CN2C(=O)[C@@H](NC(=O)CCNC(=O)c2ccc(C(=O)Cc3[nH]nc4c3CN(C(=O)N[C@H](CN(C)C)c3ccccc3)C4(C)C)cc2)C(C)(C)C)cc1.S. The van der Waals surface area contributed by atoms with E-state index in [9.17, 15) is 33.9 Å². The van der Waals surface area contributed by atoms with Crippen molar-refractivity contribution in [1.29, 1.82) is 0 Å². The number of β-amino-alcohol motifs (C(OH)–C–C–N with tert-alkyl or cyclic N) is 1. The van der Waals surface area contributed by atoms with E-state index in [-0.39, 0.29) is 81.9 Å². The highest BCUT2D eigenvalue weighted by Gasteiger charge is 2.46. The Hall–Kier alpha value is -6.41. The van der Waals surface area contributed by atoms with Crippen molar-refractivity contribution in [1.82, 2.24) is 51.1 Å². The Bertz CT molecular complexity index is 2730. The number of likely N-dealkylation sites (N-methyl/N-ethyl adjacent to an activating group) is 1. The Morgan fingerprint density at radius 1 is 0.917 bits per heavy atom. The topological polar surface area (TPSA) is 222 Å². The molecule has 6 amide bonds. The third-order valence-electron chi connectivity index (χ3n) is 13.3. The number of nitrogens with one attached hydrogen (secondary N) is 5. The van der Waals surface area contributed by atoms with E-state index in [0.29, 0.717) is 23.5 Å². The van der Waals surface area contributed by atoms with E-state index in [0.717, 1.165) is 32.8 Å². The van der Waals surface area contributed by atoms with Gasteiger partial charge in [-0.25, -0.2) is 9.78 Å². The monoisotopic (exact) mass is 1020 g/mol. The van der Waals surface area contributed by atoms with Crippen molar-refractivity contribution in [2.75, 3.05) is 33.7 Å². The number of nitrogens with zero attached hydrogens (tertiary/aromatic N) is 5. The molecule has 72 heavy (non-hydrogen) atoms. The predicted molar refractivity (Wildman–Crippen MR) is 282 cm³/mol. The third kappa shape index (κ3) is 12.6. The molecule has 6 N–H and O–H groups in total. The van der Waals surface area contributed by atoms with Crippen LogP contribution in [0.3, 0.4) is 0 Å². The summed E-state index contributed by atoms with van der Waals surface area (Å²) in [5.41, 5.74) is 6.93. The number of aliphatic hydroxyl groups excluding tert-OH is 1. The van der Waals surface area contributed by atoms with Gasteiger partial charge in [0.25, 0.3) is 5.91 Å². The van der Waals surface area contributed by atoms with Gasteiger partial charge in [-0.2, -0.15) is 18.6 Å². The largest absolute Gasteiger partial charge is 0.391 e. The van der Waals surface area contributed by atoms with E-state index in [1.54, 1.807) is 66.8 Å². The van der Waals surface area contributed by atoms with Crippen molar-refractivity contribution >= 4 is 60.3 Å². The number of thiazole rings is 1. The first-order chi connectivity index (χ1) is 33.6. The molecule has 1 fully saturated rings. The summed E-state index contributed by atoms with van der Waals surface area (Å²) in [6.45, 7) is 13.9. The van der Waals surface area contributed by atoms with Crippen molar-refractivity contribution < 1.29 is 33.9 Å². The standard InChI is InChI=1S/C53H66N10O7S.H2S/c1-31(33-15-19-36(20-16-33)45-32(2)55-30-71-45)56-49(68)42-25-38(64)27-62(42)50(69)47(52(3,4)5)58-44(66)23-24-54-48(67)37-21-17-35(18-22-37)43(65)26-40-39-28-63(53(6,7)46(39)60-59-40)51(70)57-41(29-61(8)9)34-13-11-10-12-14-34;/h10-22,30-31,38,41-42,47,64H,23-29H2,1-9H3,(H,54,67)(H,56,68)(H,57,70)(H,58,66)(H,59,60);1H2/t31-,38+,41+,42-,47+;/m0./s1. The molecule has 0 bridgehead atoms. The Morgan fingerprint density at radius 3 is 2.21 bits per heavy atom. The molecule has 19 heteroatoms. The van der Waals surface area contributed by atoms with Crippen LogP contribution < -0.4 is 21.3 Å². The van der Waals surface area contributed by atoms with Crippen LogP contribution in [0.2, 0.25) is 0 Å². The molecule has 0 saturated carbocycles. The summed E-state index contributed by atoms with van der Waals surface area (Å²) in [5.74, 6) is -2.03. The number of aryl methyl sites for hydroxylation is 1. The summed E-state index contributed by atoms with van der Waals surface area (Å²) < 4.78 is 0. The number of benzene rings is 3. The molecule has 0 radical (unpaired) electrons. The molecule has 5 atom stereocenters. The molecule has 2 aliphatic rings. The first-order valence-corrected chi connectivity index (χ1v) is 24.8. The van der Waals surface area contributed by atoms with E-state index < -0.39 is 52.8 Å². The molecule has 4 heterocycles. The molecule has 0 aliphatic carbocycles. The van der Waals surface area contributed by atoms with Gasteiger partial charge in [-0.1, -0.05) is 87.5 Å². The van der Waals surface area contributed by atoms with Crippen molar-refractivity contribution in [2.24, 2.45) is 5.41 Å². The van der Waals surface area contributed by atoms with E-state index >= 15 is 0 Å². The smallest absolute Gasteiger partial charge is 0.319 e. The van der Waals surface area contributed by atoms with Crippen LogP contribution in [0.25, 0.3) is 10.4 Å². The summed E-state index contributed by atoms with van der Waals surface area (Å²) in [7, 11) is 3.92. The number of hydrogen-bond donors (Lipinski definition) is 6. The van der Waals surface area contributed by atoms with Crippen LogP contribution in [-0.2, 0) is 32.9 Å². The molecular weight excluding hydrogens is 953 g/mol. The zero-order chi connectivity index (χ0) is 51.4. The number of urea groups is 1. The minimum atomic E-state index is -1.03. The highest BCUT2D eigenvalue weighted by molar-refractivity contribution is 7.59. The maximum absolute atomic E-state index is 14.2. The average Bonchev–Trinajstić information content (AvgIpc) is 4.11. The van der Waals surface area contributed by atoms with Crippen LogP contribution in [0.15, 0.2) is 84.4 Å². The molecule has 2 aliphatic heterocycles. The fraction of sp³-hybridized carbons (Fsp3) is 0.434. The molecule has 2 aromatic heterocycles. The number of ketones is 1. The van der Waals surface area contributed by atoms with Crippen molar-refractivity contribution in [3.05, 3.63) is 129 Å². The van der Waals surface area contributed by atoms with Crippen molar-refractivity contribution in [3.8, 4) is 10.4 Å². The fourth-order valence-electron chi connectivity index (χ4n) is 9.26. The van der Waals surface area contributed by atoms with E-state index in [1.165, 1.54) is 4.90 Å². The molecule has 3 aromatic carbocycles. The Balaban J connectivity index is 0.00000847. The van der Waals surface area contributed by atoms with Gasteiger partial charge in [0.1, 0.15) is 12.1 Å². The Morgan fingerprint density at radius 2 is 1.58 bits per heavy atom. The molecule has 1 saturated heterocycles. The number of aromatic amines is 1. The Kier molecular flexibility index (Phi) is 17.5. The summed E-state index contributed by atoms with van der Waals surface area (Å²) >= 11 is 1.56. The molecule has 384 valence electrons. The lowest BCUT2D eigenvalue weighted by Gasteiger charge is -2.35. The van der Waals surface area contributed by atoms with Gasteiger partial charge in [-0.3, -0.25) is 29.1 Å². The van der Waals surface area contributed by atoms with Crippen LogP contribution in [0.1, 0.15) is 121 Å². The number of carbonyl (C=O) groups is 6. The van der Waals surface area contributed by atoms with Gasteiger partial charge in [0, 0.05) is 54.9 Å². The minimum absolute atomic E-state index is 0. The highest BCUT2D eigenvalue weighted by Crippen LogP contribution is 2.39.